The molecule has 1 aromatic rings. The molecule has 0 aliphatic heterocycles. The Balaban J connectivity index is 2.50. The van der Waals surface area contributed by atoms with Crippen molar-refractivity contribution in [1.82, 2.24) is 5.32 Å². The number of phenols is 1. The van der Waals surface area contributed by atoms with Crippen LogP contribution in [0.15, 0.2) is 22.7 Å². The number of carbonyl (C=O) groups excluding carboxylic acids is 1. The molecule has 0 fully saturated rings. The first kappa shape index (κ1) is 13.5. The van der Waals surface area contributed by atoms with Crippen LogP contribution in [0.5, 0.6) is 5.75 Å². The minimum Gasteiger partial charge on any atom is -0.507 e. The van der Waals surface area contributed by atoms with E-state index >= 15 is 0 Å². The van der Waals surface area contributed by atoms with E-state index in [0.29, 0.717) is 16.6 Å². The molecule has 1 rings (SSSR count). The van der Waals surface area contributed by atoms with Crippen molar-refractivity contribution in [2.24, 2.45) is 0 Å². The van der Waals surface area contributed by atoms with E-state index in [4.69, 9.17) is 0 Å². The van der Waals surface area contributed by atoms with Gasteiger partial charge in [0.25, 0.3) is 5.91 Å². The van der Waals surface area contributed by atoms with Crippen molar-refractivity contribution in [1.29, 1.82) is 0 Å². The number of amides is 1. The van der Waals surface area contributed by atoms with Gasteiger partial charge in [-0.1, -0.05) is 15.9 Å². The zero-order valence-electron chi connectivity index (χ0n) is 8.67. The molecule has 0 aliphatic carbocycles. The molecular weight excluding hydrogens is 338 g/mol. The summed E-state index contributed by atoms with van der Waals surface area (Å²) < 4.78 is 0.586. The van der Waals surface area contributed by atoms with Crippen molar-refractivity contribution in [2.75, 3.05) is 11.9 Å². The Morgan fingerprint density at radius 2 is 2.12 bits per heavy atom. The van der Waals surface area contributed by atoms with Crippen LogP contribution in [-0.4, -0.2) is 22.9 Å². The molecule has 5 heteroatoms. The normalized spacial score (nSPS) is 10.1. The van der Waals surface area contributed by atoms with E-state index in [0.717, 1.165) is 18.2 Å². The summed E-state index contributed by atoms with van der Waals surface area (Å²) in [4.78, 5) is 11.6. The maximum absolute atomic E-state index is 11.6. The van der Waals surface area contributed by atoms with Gasteiger partial charge >= 0.3 is 0 Å². The summed E-state index contributed by atoms with van der Waals surface area (Å²) in [7, 11) is 0. The lowest BCUT2D eigenvalue weighted by atomic mass is 10.2. The molecule has 0 radical (unpaired) electrons. The average Bonchev–Trinajstić information content (AvgIpc) is 2.28. The minimum atomic E-state index is -0.155. The van der Waals surface area contributed by atoms with Gasteiger partial charge in [-0.2, -0.15) is 0 Å². The van der Waals surface area contributed by atoms with Crippen LogP contribution in [0.25, 0.3) is 0 Å². The fourth-order valence-electron chi connectivity index (χ4n) is 1.18. The third-order valence-electron chi connectivity index (χ3n) is 2.05. The van der Waals surface area contributed by atoms with E-state index < -0.39 is 0 Å². The van der Waals surface area contributed by atoms with Crippen molar-refractivity contribution in [2.45, 2.75) is 12.8 Å². The summed E-state index contributed by atoms with van der Waals surface area (Å²) in [5.41, 5.74) is 0.472. The van der Waals surface area contributed by atoms with Crippen molar-refractivity contribution in [3.8, 4) is 5.75 Å². The molecule has 88 valence electrons. The summed E-state index contributed by atoms with van der Waals surface area (Å²) >= 11 is 6.49. The maximum Gasteiger partial charge on any atom is 0.251 e. The molecule has 3 nitrogen and oxygen atoms in total. The van der Waals surface area contributed by atoms with Crippen LogP contribution >= 0.6 is 31.9 Å². The average molecular weight is 351 g/mol. The molecule has 0 heterocycles. The number of phenolic OH excluding ortho intramolecular Hbond substituents is 1. The van der Waals surface area contributed by atoms with Gasteiger partial charge in [-0.3, -0.25) is 4.79 Å². The summed E-state index contributed by atoms with van der Waals surface area (Å²) in [6, 6.07) is 4.77. The molecule has 0 bridgehead atoms. The van der Waals surface area contributed by atoms with E-state index in [1.807, 2.05) is 0 Å². The topological polar surface area (TPSA) is 49.3 Å². The lowest BCUT2D eigenvalue weighted by molar-refractivity contribution is 0.0953. The van der Waals surface area contributed by atoms with Crippen molar-refractivity contribution >= 4 is 37.8 Å². The standard InChI is InChI=1S/C11H13Br2NO2/c12-5-1-2-6-14-11(16)8-3-4-9(13)10(15)7-8/h3-4,7,15H,1-2,5-6H2,(H,14,16). The summed E-state index contributed by atoms with van der Waals surface area (Å²) in [6.45, 7) is 0.654. The largest absolute Gasteiger partial charge is 0.507 e. The van der Waals surface area contributed by atoms with Gasteiger partial charge in [-0.05, 0) is 47.0 Å². The molecule has 1 amide bonds. The third-order valence-corrected chi connectivity index (χ3v) is 3.29. The highest BCUT2D eigenvalue weighted by Crippen LogP contribution is 2.24. The first-order chi connectivity index (χ1) is 7.65. The number of benzene rings is 1. The smallest absolute Gasteiger partial charge is 0.251 e. The second-order valence-electron chi connectivity index (χ2n) is 3.32. The van der Waals surface area contributed by atoms with E-state index in [-0.39, 0.29) is 11.7 Å². The Labute approximate surface area is 111 Å². The first-order valence-corrected chi connectivity index (χ1v) is 6.89. The molecule has 0 spiro atoms. The number of unbranched alkanes of at least 4 members (excludes halogenated alkanes) is 1. The highest BCUT2D eigenvalue weighted by molar-refractivity contribution is 9.10. The van der Waals surface area contributed by atoms with Crippen LogP contribution in [0.4, 0.5) is 0 Å². The van der Waals surface area contributed by atoms with Gasteiger partial charge in [0.15, 0.2) is 0 Å². The molecule has 0 saturated heterocycles. The molecule has 0 atom stereocenters. The number of rotatable bonds is 5. The number of alkyl halides is 1. The van der Waals surface area contributed by atoms with E-state index in [9.17, 15) is 9.90 Å². The third kappa shape index (κ3) is 4.14. The number of carbonyl (C=O) groups is 1. The van der Waals surface area contributed by atoms with Gasteiger partial charge in [-0.25, -0.2) is 0 Å². The number of nitrogens with one attached hydrogen (secondary N) is 1. The molecular formula is C11H13Br2NO2. The summed E-state index contributed by atoms with van der Waals surface area (Å²) in [6.07, 6.45) is 1.98. The summed E-state index contributed by atoms with van der Waals surface area (Å²) in [5, 5.41) is 13.2. The second-order valence-corrected chi connectivity index (χ2v) is 4.97. The first-order valence-electron chi connectivity index (χ1n) is 4.98. The van der Waals surface area contributed by atoms with E-state index in [2.05, 4.69) is 37.2 Å². The Hall–Kier alpha value is -0.550. The van der Waals surface area contributed by atoms with Gasteiger partial charge < -0.3 is 10.4 Å². The van der Waals surface area contributed by atoms with Gasteiger partial charge in [0.2, 0.25) is 0 Å². The number of aromatic hydroxyl groups is 1. The van der Waals surface area contributed by atoms with E-state index in [1.165, 1.54) is 6.07 Å². The molecule has 0 saturated carbocycles. The van der Waals surface area contributed by atoms with Gasteiger partial charge in [0, 0.05) is 17.4 Å². The Morgan fingerprint density at radius 1 is 1.38 bits per heavy atom. The van der Waals surface area contributed by atoms with Crippen LogP contribution in [0, 0.1) is 0 Å². The fraction of sp³-hybridized carbons (Fsp3) is 0.364. The molecule has 0 aromatic heterocycles. The molecule has 16 heavy (non-hydrogen) atoms. The SMILES string of the molecule is O=C(NCCCCBr)c1ccc(Br)c(O)c1. The van der Waals surface area contributed by atoms with Gasteiger partial charge in [0.1, 0.15) is 5.75 Å². The minimum absolute atomic E-state index is 0.0770. The lowest BCUT2D eigenvalue weighted by Crippen LogP contribution is -2.24. The highest BCUT2D eigenvalue weighted by Gasteiger charge is 2.07. The number of hydrogen-bond acceptors (Lipinski definition) is 2. The quantitative estimate of drug-likeness (QED) is 0.633. The van der Waals surface area contributed by atoms with Gasteiger partial charge in [0.05, 0.1) is 4.47 Å². The van der Waals surface area contributed by atoms with Crippen LogP contribution < -0.4 is 5.32 Å². The molecule has 0 unspecified atom stereocenters. The van der Waals surface area contributed by atoms with Crippen molar-refractivity contribution in [3.05, 3.63) is 28.2 Å². The Kier molecular flexibility index (Phi) is 5.84. The molecule has 1 aromatic carbocycles. The van der Waals surface area contributed by atoms with Crippen molar-refractivity contribution in [3.63, 3.8) is 0 Å². The summed E-state index contributed by atoms with van der Waals surface area (Å²) in [5.74, 6) is -0.0783. The van der Waals surface area contributed by atoms with Crippen LogP contribution in [0.1, 0.15) is 23.2 Å². The van der Waals surface area contributed by atoms with Crippen LogP contribution in [0.3, 0.4) is 0 Å². The zero-order chi connectivity index (χ0) is 12.0. The predicted octanol–water partition coefficient (Wildman–Crippen LogP) is 3.06. The lowest BCUT2D eigenvalue weighted by Gasteiger charge is -2.05. The number of halogens is 2. The Bertz CT molecular complexity index is 369. The van der Waals surface area contributed by atoms with Crippen LogP contribution in [-0.2, 0) is 0 Å². The predicted molar refractivity (Wildman–Crippen MR) is 71.2 cm³/mol. The second kappa shape index (κ2) is 6.91. The van der Waals surface area contributed by atoms with Crippen LogP contribution in [0.2, 0.25) is 0 Å². The monoisotopic (exact) mass is 349 g/mol. The van der Waals surface area contributed by atoms with Gasteiger partial charge in [-0.15, -0.1) is 0 Å². The number of hydrogen-bond donors (Lipinski definition) is 2. The highest BCUT2D eigenvalue weighted by atomic mass is 79.9. The zero-order valence-corrected chi connectivity index (χ0v) is 11.8. The van der Waals surface area contributed by atoms with E-state index in [1.54, 1.807) is 12.1 Å². The molecule has 0 aliphatic rings. The maximum atomic E-state index is 11.6. The Morgan fingerprint density at radius 3 is 2.75 bits per heavy atom. The van der Waals surface area contributed by atoms with Crippen molar-refractivity contribution < 1.29 is 9.90 Å². The fourth-order valence-corrected chi connectivity index (χ4v) is 1.82. The molecule has 2 N–H and O–H groups in total.